The van der Waals surface area contributed by atoms with Gasteiger partial charge in [0.1, 0.15) is 0 Å². The lowest BCUT2D eigenvalue weighted by Crippen LogP contribution is -2.23. The molecule has 3 nitrogen and oxygen atoms in total. The smallest absolute Gasteiger partial charge is 0.0951 e. The van der Waals surface area contributed by atoms with E-state index < -0.39 is 0 Å². The van der Waals surface area contributed by atoms with Crippen LogP contribution in [0.2, 0.25) is 0 Å². The SMILES string of the molecule is CC(c1ccc(-c2cn(C)cn2)cc1)N1CCCC1. The van der Waals surface area contributed by atoms with Gasteiger partial charge in [-0.15, -0.1) is 0 Å². The van der Waals surface area contributed by atoms with Crippen LogP contribution < -0.4 is 0 Å². The Hall–Kier alpha value is -1.61. The molecule has 3 heteroatoms. The van der Waals surface area contributed by atoms with E-state index >= 15 is 0 Å². The largest absolute Gasteiger partial charge is 0.340 e. The number of benzene rings is 1. The molecular formula is C16H21N3. The van der Waals surface area contributed by atoms with Gasteiger partial charge >= 0.3 is 0 Å². The van der Waals surface area contributed by atoms with Gasteiger partial charge in [-0.3, -0.25) is 4.90 Å². The molecule has 0 N–H and O–H groups in total. The van der Waals surface area contributed by atoms with E-state index in [2.05, 4.69) is 47.3 Å². The molecule has 100 valence electrons. The molecule has 1 aliphatic heterocycles. The van der Waals surface area contributed by atoms with Crippen LogP contribution in [0.15, 0.2) is 36.8 Å². The minimum atomic E-state index is 0.528. The maximum Gasteiger partial charge on any atom is 0.0951 e. The second kappa shape index (κ2) is 5.17. The summed E-state index contributed by atoms with van der Waals surface area (Å²) in [4.78, 5) is 6.96. The molecule has 0 radical (unpaired) electrons. The average Bonchev–Trinajstić information content (AvgIpc) is 3.09. The third-order valence-electron chi connectivity index (χ3n) is 4.08. The Balaban J connectivity index is 1.78. The molecule has 1 aromatic heterocycles. The molecule has 0 saturated carbocycles. The fourth-order valence-corrected chi connectivity index (χ4v) is 2.83. The van der Waals surface area contributed by atoms with Gasteiger partial charge < -0.3 is 4.57 Å². The summed E-state index contributed by atoms with van der Waals surface area (Å²) in [5.41, 5.74) is 3.64. The van der Waals surface area contributed by atoms with Gasteiger partial charge in [0.25, 0.3) is 0 Å². The van der Waals surface area contributed by atoms with Crippen LogP contribution in [-0.4, -0.2) is 27.5 Å². The summed E-state index contributed by atoms with van der Waals surface area (Å²) in [6.07, 6.45) is 6.59. The van der Waals surface area contributed by atoms with Crippen LogP contribution in [0.5, 0.6) is 0 Å². The summed E-state index contributed by atoms with van der Waals surface area (Å²) in [7, 11) is 2.00. The highest BCUT2D eigenvalue weighted by atomic mass is 15.2. The van der Waals surface area contributed by atoms with Crippen LogP contribution in [0.1, 0.15) is 31.4 Å². The first kappa shape index (κ1) is 12.4. The van der Waals surface area contributed by atoms with Gasteiger partial charge in [-0.2, -0.15) is 0 Å². The minimum Gasteiger partial charge on any atom is -0.340 e. The first-order valence-corrected chi connectivity index (χ1v) is 7.06. The van der Waals surface area contributed by atoms with Crippen molar-refractivity contribution in [2.24, 2.45) is 7.05 Å². The maximum absolute atomic E-state index is 4.39. The van der Waals surface area contributed by atoms with Crippen molar-refractivity contribution in [2.45, 2.75) is 25.8 Å². The Morgan fingerprint density at radius 2 is 1.79 bits per heavy atom. The van der Waals surface area contributed by atoms with E-state index in [0.717, 1.165) is 5.69 Å². The molecule has 1 saturated heterocycles. The lowest BCUT2D eigenvalue weighted by atomic mass is 10.0. The molecule has 2 aromatic rings. The Kier molecular flexibility index (Phi) is 3.38. The van der Waals surface area contributed by atoms with Crippen molar-refractivity contribution in [3.63, 3.8) is 0 Å². The second-order valence-corrected chi connectivity index (χ2v) is 5.47. The van der Waals surface area contributed by atoms with E-state index in [0.29, 0.717) is 6.04 Å². The second-order valence-electron chi connectivity index (χ2n) is 5.47. The van der Waals surface area contributed by atoms with Crippen molar-refractivity contribution in [1.29, 1.82) is 0 Å². The Morgan fingerprint density at radius 1 is 1.11 bits per heavy atom. The molecule has 1 atom stereocenters. The van der Waals surface area contributed by atoms with Crippen LogP contribution in [0, 0.1) is 0 Å². The van der Waals surface area contributed by atoms with Crippen LogP contribution in [0.25, 0.3) is 11.3 Å². The number of aryl methyl sites for hydroxylation is 1. The van der Waals surface area contributed by atoms with Crippen LogP contribution in [0.4, 0.5) is 0 Å². The molecule has 1 fully saturated rings. The molecule has 1 aliphatic rings. The quantitative estimate of drug-likeness (QED) is 0.839. The zero-order valence-electron chi connectivity index (χ0n) is 11.7. The Labute approximate surface area is 114 Å². The van der Waals surface area contributed by atoms with Crippen LogP contribution >= 0.6 is 0 Å². The van der Waals surface area contributed by atoms with Crippen molar-refractivity contribution in [1.82, 2.24) is 14.5 Å². The first-order chi connectivity index (χ1) is 9.24. The Morgan fingerprint density at radius 3 is 2.37 bits per heavy atom. The number of hydrogen-bond donors (Lipinski definition) is 0. The molecule has 1 unspecified atom stereocenters. The summed E-state index contributed by atoms with van der Waals surface area (Å²) in [5.74, 6) is 0. The number of nitrogens with zero attached hydrogens (tertiary/aromatic N) is 3. The monoisotopic (exact) mass is 255 g/mol. The summed E-state index contributed by atoms with van der Waals surface area (Å²) in [5, 5.41) is 0. The number of imidazole rings is 1. The third-order valence-corrected chi connectivity index (χ3v) is 4.08. The minimum absolute atomic E-state index is 0.528. The molecule has 0 aliphatic carbocycles. The lowest BCUT2D eigenvalue weighted by Gasteiger charge is -2.24. The molecule has 19 heavy (non-hydrogen) atoms. The van der Waals surface area contributed by atoms with Crippen LogP contribution in [0.3, 0.4) is 0 Å². The normalized spacial score (nSPS) is 17.8. The predicted octanol–water partition coefficient (Wildman–Crippen LogP) is 3.24. The van der Waals surface area contributed by atoms with E-state index in [9.17, 15) is 0 Å². The van der Waals surface area contributed by atoms with Gasteiger partial charge in [0.15, 0.2) is 0 Å². The Bertz CT molecular complexity index is 535. The number of hydrogen-bond acceptors (Lipinski definition) is 2. The standard InChI is InChI=1S/C16H21N3/c1-13(19-9-3-4-10-19)14-5-7-15(8-6-14)16-11-18(2)12-17-16/h5-8,11-13H,3-4,9-10H2,1-2H3. The topological polar surface area (TPSA) is 21.1 Å². The summed E-state index contributed by atoms with van der Waals surface area (Å²) < 4.78 is 1.98. The van der Waals surface area contributed by atoms with E-state index in [4.69, 9.17) is 0 Å². The highest BCUT2D eigenvalue weighted by molar-refractivity contribution is 5.58. The fraction of sp³-hybridized carbons (Fsp3) is 0.438. The molecule has 3 rings (SSSR count). The predicted molar refractivity (Wildman–Crippen MR) is 77.9 cm³/mol. The number of likely N-dealkylation sites (tertiary alicyclic amines) is 1. The van der Waals surface area contributed by atoms with E-state index in [1.165, 1.54) is 37.1 Å². The zero-order valence-corrected chi connectivity index (χ0v) is 11.7. The average molecular weight is 255 g/mol. The fourth-order valence-electron chi connectivity index (χ4n) is 2.83. The molecule has 2 heterocycles. The summed E-state index contributed by atoms with van der Waals surface area (Å²) >= 11 is 0. The number of aromatic nitrogens is 2. The summed E-state index contributed by atoms with van der Waals surface area (Å²) in [6, 6.07) is 9.38. The van der Waals surface area contributed by atoms with Crippen molar-refractivity contribution in [3.05, 3.63) is 42.4 Å². The third kappa shape index (κ3) is 2.56. The highest BCUT2D eigenvalue weighted by Crippen LogP contribution is 2.26. The zero-order chi connectivity index (χ0) is 13.2. The summed E-state index contributed by atoms with van der Waals surface area (Å²) in [6.45, 7) is 4.79. The van der Waals surface area contributed by atoms with Crippen LogP contribution in [-0.2, 0) is 7.05 Å². The molecular weight excluding hydrogens is 234 g/mol. The highest BCUT2D eigenvalue weighted by Gasteiger charge is 2.19. The van der Waals surface area contributed by atoms with Crippen molar-refractivity contribution in [3.8, 4) is 11.3 Å². The van der Waals surface area contributed by atoms with Crippen molar-refractivity contribution >= 4 is 0 Å². The molecule has 0 amide bonds. The van der Waals surface area contributed by atoms with Gasteiger partial charge in [-0.1, -0.05) is 24.3 Å². The molecule has 1 aromatic carbocycles. The lowest BCUT2D eigenvalue weighted by molar-refractivity contribution is 0.263. The van der Waals surface area contributed by atoms with Gasteiger partial charge in [0.05, 0.1) is 12.0 Å². The van der Waals surface area contributed by atoms with Gasteiger partial charge in [-0.05, 0) is 38.4 Å². The van der Waals surface area contributed by atoms with E-state index in [1.54, 1.807) is 0 Å². The van der Waals surface area contributed by atoms with E-state index in [-0.39, 0.29) is 0 Å². The van der Waals surface area contributed by atoms with Gasteiger partial charge in [-0.25, -0.2) is 4.98 Å². The van der Waals surface area contributed by atoms with E-state index in [1.807, 2.05) is 17.9 Å². The van der Waals surface area contributed by atoms with Crippen molar-refractivity contribution in [2.75, 3.05) is 13.1 Å². The van der Waals surface area contributed by atoms with Crippen molar-refractivity contribution < 1.29 is 0 Å². The maximum atomic E-state index is 4.39. The first-order valence-electron chi connectivity index (χ1n) is 7.06. The van der Waals surface area contributed by atoms with Gasteiger partial charge in [0, 0.05) is 24.8 Å². The number of rotatable bonds is 3. The molecule has 0 bridgehead atoms. The molecule has 0 spiro atoms. The van der Waals surface area contributed by atoms with Gasteiger partial charge in [0.2, 0.25) is 0 Å².